The Bertz CT molecular complexity index is 854. The molecule has 2 aromatic rings. The normalized spacial score (nSPS) is 16.2. The topological polar surface area (TPSA) is 93.9 Å². The second kappa shape index (κ2) is 10.6. The SMILES string of the molecule is CCCOc1ccc(OCC(=O)Nc2ccccc2CN2CCCC2C(N)=O)cc1. The maximum Gasteiger partial charge on any atom is 0.262 e. The van der Waals surface area contributed by atoms with Gasteiger partial charge in [-0.3, -0.25) is 14.5 Å². The lowest BCUT2D eigenvalue weighted by atomic mass is 10.1. The summed E-state index contributed by atoms with van der Waals surface area (Å²) in [5.41, 5.74) is 7.17. The lowest BCUT2D eigenvalue weighted by Gasteiger charge is -2.23. The summed E-state index contributed by atoms with van der Waals surface area (Å²) in [6.45, 7) is 3.99. The quantitative estimate of drug-likeness (QED) is 0.627. The number of hydrogen-bond donors (Lipinski definition) is 2. The van der Waals surface area contributed by atoms with E-state index >= 15 is 0 Å². The van der Waals surface area contributed by atoms with E-state index in [1.807, 2.05) is 36.4 Å². The largest absolute Gasteiger partial charge is 0.494 e. The molecule has 1 unspecified atom stereocenters. The minimum Gasteiger partial charge on any atom is -0.494 e. The second-order valence-corrected chi connectivity index (χ2v) is 7.34. The van der Waals surface area contributed by atoms with Crippen LogP contribution in [0.15, 0.2) is 48.5 Å². The van der Waals surface area contributed by atoms with Crippen molar-refractivity contribution in [2.45, 2.75) is 38.8 Å². The summed E-state index contributed by atoms with van der Waals surface area (Å²) in [5.74, 6) is 0.831. The van der Waals surface area contributed by atoms with Gasteiger partial charge in [0, 0.05) is 12.2 Å². The molecule has 2 amide bonds. The molecule has 1 atom stereocenters. The molecule has 0 radical (unpaired) electrons. The average Bonchev–Trinajstić information content (AvgIpc) is 3.21. The highest BCUT2D eigenvalue weighted by Gasteiger charge is 2.29. The van der Waals surface area contributed by atoms with Gasteiger partial charge in [-0.1, -0.05) is 25.1 Å². The number of anilines is 1. The van der Waals surface area contributed by atoms with E-state index in [2.05, 4.69) is 17.1 Å². The van der Waals surface area contributed by atoms with Crippen LogP contribution in [0.1, 0.15) is 31.7 Å². The first kappa shape index (κ1) is 21.6. The number of rotatable bonds is 10. The van der Waals surface area contributed by atoms with Gasteiger partial charge < -0.3 is 20.5 Å². The molecular weight excluding hydrogens is 382 g/mol. The smallest absolute Gasteiger partial charge is 0.262 e. The summed E-state index contributed by atoms with van der Waals surface area (Å²) >= 11 is 0. The number of nitrogens with one attached hydrogen (secondary N) is 1. The van der Waals surface area contributed by atoms with Gasteiger partial charge in [0.25, 0.3) is 5.91 Å². The highest BCUT2D eigenvalue weighted by Crippen LogP contribution is 2.24. The van der Waals surface area contributed by atoms with E-state index in [0.29, 0.717) is 24.6 Å². The first-order valence-electron chi connectivity index (χ1n) is 10.3. The minimum atomic E-state index is -0.298. The first-order valence-corrected chi connectivity index (χ1v) is 10.3. The standard InChI is InChI=1S/C23H29N3O4/c1-2-14-29-18-9-11-19(12-10-18)30-16-22(27)25-20-7-4-3-6-17(20)15-26-13-5-8-21(26)23(24)28/h3-4,6-7,9-12,21H,2,5,8,13-16H2,1H3,(H2,24,28)(H,25,27). The van der Waals surface area contributed by atoms with Crippen LogP contribution in [-0.4, -0.2) is 42.5 Å². The number of para-hydroxylation sites is 1. The molecule has 1 aliphatic rings. The Morgan fingerprint density at radius 3 is 2.50 bits per heavy atom. The Kier molecular flexibility index (Phi) is 7.68. The summed E-state index contributed by atoms with van der Waals surface area (Å²) in [6.07, 6.45) is 2.67. The number of likely N-dealkylation sites (tertiary alicyclic amines) is 1. The van der Waals surface area contributed by atoms with Gasteiger partial charge in [-0.25, -0.2) is 0 Å². The van der Waals surface area contributed by atoms with E-state index in [9.17, 15) is 9.59 Å². The Balaban J connectivity index is 1.55. The summed E-state index contributed by atoms with van der Waals surface area (Å²) in [7, 11) is 0. The summed E-state index contributed by atoms with van der Waals surface area (Å²) < 4.78 is 11.1. The molecule has 0 aliphatic carbocycles. The molecule has 1 heterocycles. The van der Waals surface area contributed by atoms with Crippen molar-refractivity contribution < 1.29 is 19.1 Å². The summed E-state index contributed by atoms with van der Waals surface area (Å²) in [6, 6.07) is 14.5. The third-order valence-corrected chi connectivity index (χ3v) is 5.02. The Labute approximate surface area is 177 Å². The van der Waals surface area contributed by atoms with E-state index in [-0.39, 0.29) is 24.5 Å². The van der Waals surface area contributed by atoms with E-state index < -0.39 is 0 Å². The lowest BCUT2D eigenvalue weighted by molar-refractivity contribution is -0.122. The van der Waals surface area contributed by atoms with Crippen molar-refractivity contribution in [1.82, 2.24) is 4.90 Å². The van der Waals surface area contributed by atoms with Gasteiger partial charge in [0.2, 0.25) is 5.91 Å². The van der Waals surface area contributed by atoms with Crippen LogP contribution in [0, 0.1) is 0 Å². The van der Waals surface area contributed by atoms with Crippen LogP contribution in [-0.2, 0) is 16.1 Å². The molecule has 0 bridgehead atoms. The Morgan fingerprint density at radius 1 is 1.10 bits per heavy atom. The zero-order chi connectivity index (χ0) is 21.3. The molecule has 2 aromatic carbocycles. The monoisotopic (exact) mass is 411 g/mol. The molecule has 3 N–H and O–H groups in total. The predicted octanol–water partition coefficient (Wildman–Crippen LogP) is 2.94. The number of hydrogen-bond acceptors (Lipinski definition) is 5. The van der Waals surface area contributed by atoms with E-state index in [1.54, 1.807) is 12.1 Å². The summed E-state index contributed by atoms with van der Waals surface area (Å²) in [5, 5.41) is 2.91. The fourth-order valence-electron chi connectivity index (χ4n) is 3.52. The molecule has 30 heavy (non-hydrogen) atoms. The van der Waals surface area contributed by atoms with Crippen LogP contribution in [0.4, 0.5) is 5.69 Å². The average molecular weight is 412 g/mol. The van der Waals surface area contributed by atoms with Crippen molar-refractivity contribution >= 4 is 17.5 Å². The molecule has 7 nitrogen and oxygen atoms in total. The van der Waals surface area contributed by atoms with Crippen molar-refractivity contribution in [3.8, 4) is 11.5 Å². The molecule has 160 valence electrons. The van der Waals surface area contributed by atoms with Crippen molar-refractivity contribution in [2.24, 2.45) is 5.73 Å². The Hall–Kier alpha value is -3.06. The minimum absolute atomic E-state index is 0.100. The van der Waals surface area contributed by atoms with Crippen LogP contribution >= 0.6 is 0 Å². The van der Waals surface area contributed by atoms with Crippen LogP contribution in [0.2, 0.25) is 0 Å². The number of primary amides is 1. The second-order valence-electron chi connectivity index (χ2n) is 7.34. The highest BCUT2D eigenvalue weighted by molar-refractivity contribution is 5.92. The van der Waals surface area contributed by atoms with Crippen LogP contribution in [0.3, 0.4) is 0 Å². The molecular formula is C23H29N3O4. The van der Waals surface area contributed by atoms with Gasteiger partial charge in [-0.15, -0.1) is 0 Å². The molecule has 0 spiro atoms. The number of nitrogens with zero attached hydrogens (tertiary/aromatic N) is 1. The van der Waals surface area contributed by atoms with E-state index in [1.165, 1.54) is 0 Å². The van der Waals surface area contributed by atoms with Crippen molar-refractivity contribution in [3.05, 3.63) is 54.1 Å². The number of nitrogens with two attached hydrogens (primary N) is 1. The van der Waals surface area contributed by atoms with Gasteiger partial charge in [0.15, 0.2) is 6.61 Å². The Morgan fingerprint density at radius 2 is 1.80 bits per heavy atom. The number of ether oxygens (including phenoxy) is 2. The lowest BCUT2D eigenvalue weighted by Crippen LogP contribution is -2.39. The third kappa shape index (κ3) is 5.97. The van der Waals surface area contributed by atoms with Crippen LogP contribution in [0.25, 0.3) is 0 Å². The zero-order valence-corrected chi connectivity index (χ0v) is 17.3. The summed E-state index contributed by atoms with van der Waals surface area (Å²) in [4.78, 5) is 26.1. The maximum absolute atomic E-state index is 12.4. The molecule has 1 fully saturated rings. The molecule has 1 aliphatic heterocycles. The number of amides is 2. The fraction of sp³-hybridized carbons (Fsp3) is 0.391. The van der Waals surface area contributed by atoms with E-state index in [0.717, 1.165) is 37.1 Å². The molecule has 0 aromatic heterocycles. The first-order chi connectivity index (χ1) is 14.6. The number of carbonyl (C=O) groups is 2. The molecule has 7 heteroatoms. The van der Waals surface area contributed by atoms with E-state index in [4.69, 9.17) is 15.2 Å². The van der Waals surface area contributed by atoms with Crippen molar-refractivity contribution in [3.63, 3.8) is 0 Å². The third-order valence-electron chi connectivity index (χ3n) is 5.02. The molecule has 3 rings (SSSR count). The molecule has 1 saturated heterocycles. The van der Waals surface area contributed by atoms with Gasteiger partial charge in [0.05, 0.1) is 12.6 Å². The van der Waals surface area contributed by atoms with Gasteiger partial charge in [-0.2, -0.15) is 0 Å². The predicted molar refractivity (Wildman–Crippen MR) is 115 cm³/mol. The van der Waals surface area contributed by atoms with Gasteiger partial charge >= 0.3 is 0 Å². The number of carbonyl (C=O) groups excluding carboxylic acids is 2. The van der Waals surface area contributed by atoms with Crippen molar-refractivity contribution in [1.29, 1.82) is 0 Å². The highest BCUT2D eigenvalue weighted by atomic mass is 16.5. The van der Waals surface area contributed by atoms with Gasteiger partial charge in [0.1, 0.15) is 11.5 Å². The maximum atomic E-state index is 12.4. The van der Waals surface area contributed by atoms with Crippen LogP contribution in [0.5, 0.6) is 11.5 Å². The van der Waals surface area contributed by atoms with Gasteiger partial charge in [-0.05, 0) is 61.7 Å². The molecule has 0 saturated carbocycles. The number of benzene rings is 2. The fourth-order valence-corrected chi connectivity index (χ4v) is 3.52. The van der Waals surface area contributed by atoms with Crippen LogP contribution < -0.4 is 20.5 Å². The van der Waals surface area contributed by atoms with Crippen molar-refractivity contribution in [2.75, 3.05) is 25.1 Å². The zero-order valence-electron chi connectivity index (χ0n) is 17.3.